The molecule has 13 heavy (non-hydrogen) atoms. The summed E-state index contributed by atoms with van der Waals surface area (Å²) in [5, 5.41) is 6.21. The molecule has 2 unspecified atom stereocenters. The van der Waals surface area contributed by atoms with Crippen molar-refractivity contribution in [2.75, 3.05) is 13.1 Å². The highest BCUT2D eigenvalue weighted by Crippen LogP contribution is 2.02. The smallest absolute Gasteiger partial charge is 0.127 e. The number of halogens is 1. The van der Waals surface area contributed by atoms with E-state index in [1.165, 1.54) is 0 Å². The molecule has 0 saturated heterocycles. The Kier molecular flexibility index (Phi) is 5.49. The molecule has 0 aromatic carbocycles. The molecule has 0 aromatic rings. The van der Waals surface area contributed by atoms with Crippen molar-refractivity contribution in [2.45, 2.75) is 52.4 Å². The van der Waals surface area contributed by atoms with Gasteiger partial charge in [0.2, 0.25) is 0 Å². The summed E-state index contributed by atoms with van der Waals surface area (Å²) in [7, 11) is 0. The van der Waals surface area contributed by atoms with Gasteiger partial charge in [0.25, 0.3) is 0 Å². The zero-order valence-electron chi connectivity index (χ0n) is 9.45. The molecule has 0 radical (unpaired) electrons. The maximum atomic E-state index is 13.4. The van der Waals surface area contributed by atoms with Crippen LogP contribution in [-0.2, 0) is 0 Å². The predicted molar refractivity (Wildman–Crippen MR) is 55.8 cm³/mol. The fourth-order valence-corrected chi connectivity index (χ4v) is 1.03. The Balaban J connectivity index is 3.67. The monoisotopic (exact) mass is 190 g/mol. The lowest BCUT2D eigenvalue weighted by Crippen LogP contribution is -2.46. The van der Waals surface area contributed by atoms with Crippen LogP contribution in [0.25, 0.3) is 0 Å². The maximum Gasteiger partial charge on any atom is 0.127 e. The second-order valence-electron chi connectivity index (χ2n) is 4.49. The van der Waals surface area contributed by atoms with Crippen LogP contribution in [0.1, 0.15) is 34.6 Å². The van der Waals surface area contributed by atoms with Gasteiger partial charge in [0.05, 0.1) is 0 Å². The summed E-state index contributed by atoms with van der Waals surface area (Å²) in [5.74, 6) is 0. The zero-order valence-corrected chi connectivity index (χ0v) is 9.45. The first-order valence-electron chi connectivity index (χ1n) is 4.99. The minimum atomic E-state index is -0.820. The highest BCUT2D eigenvalue weighted by Gasteiger charge is 2.17. The molecule has 3 heteroatoms. The van der Waals surface area contributed by atoms with Gasteiger partial charge < -0.3 is 10.6 Å². The predicted octanol–water partition coefficient (Wildman–Crippen LogP) is 1.71. The van der Waals surface area contributed by atoms with Gasteiger partial charge in [-0.3, -0.25) is 0 Å². The van der Waals surface area contributed by atoms with Crippen LogP contribution in [0.15, 0.2) is 0 Å². The van der Waals surface area contributed by atoms with Crippen molar-refractivity contribution in [1.82, 2.24) is 10.6 Å². The third kappa shape index (κ3) is 6.96. The Morgan fingerprint density at radius 2 is 1.85 bits per heavy atom. The first-order valence-corrected chi connectivity index (χ1v) is 4.99. The van der Waals surface area contributed by atoms with Crippen LogP contribution in [0, 0.1) is 0 Å². The normalized spacial score (nSPS) is 17.1. The average Bonchev–Trinajstić information content (AvgIpc) is 1.99. The number of nitrogens with one attached hydrogen (secondary N) is 2. The number of hydrogen-bond donors (Lipinski definition) is 2. The molecule has 0 saturated carbocycles. The van der Waals surface area contributed by atoms with E-state index in [0.29, 0.717) is 6.54 Å². The Morgan fingerprint density at radius 1 is 1.31 bits per heavy atom. The van der Waals surface area contributed by atoms with Crippen LogP contribution in [-0.4, -0.2) is 30.8 Å². The summed E-state index contributed by atoms with van der Waals surface area (Å²) in [6, 6.07) is -0.0696. The van der Waals surface area contributed by atoms with Crippen LogP contribution in [0.2, 0.25) is 0 Å². The largest absolute Gasteiger partial charge is 0.312 e. The van der Waals surface area contributed by atoms with Crippen LogP contribution >= 0.6 is 0 Å². The Bertz CT molecular complexity index is 131. The van der Waals surface area contributed by atoms with Crippen LogP contribution in [0.3, 0.4) is 0 Å². The van der Waals surface area contributed by atoms with Gasteiger partial charge in [-0.2, -0.15) is 0 Å². The van der Waals surface area contributed by atoms with E-state index in [0.717, 1.165) is 6.54 Å². The van der Waals surface area contributed by atoms with Crippen molar-refractivity contribution < 1.29 is 4.39 Å². The van der Waals surface area contributed by atoms with Gasteiger partial charge in [0.15, 0.2) is 0 Å². The first-order chi connectivity index (χ1) is 5.87. The van der Waals surface area contributed by atoms with Gasteiger partial charge in [-0.25, -0.2) is 4.39 Å². The quantitative estimate of drug-likeness (QED) is 0.689. The van der Waals surface area contributed by atoms with Crippen molar-refractivity contribution >= 4 is 0 Å². The molecule has 2 N–H and O–H groups in total. The molecule has 0 amide bonds. The van der Waals surface area contributed by atoms with E-state index >= 15 is 0 Å². The molecular weight excluding hydrogens is 167 g/mol. The molecule has 0 bridgehead atoms. The van der Waals surface area contributed by atoms with Gasteiger partial charge in [0, 0.05) is 18.1 Å². The molecule has 0 aliphatic heterocycles. The second-order valence-corrected chi connectivity index (χ2v) is 4.49. The Hall–Kier alpha value is -0.150. The molecule has 0 rings (SSSR count). The summed E-state index contributed by atoms with van der Waals surface area (Å²) >= 11 is 0. The lowest BCUT2D eigenvalue weighted by Gasteiger charge is -2.24. The zero-order chi connectivity index (χ0) is 10.5. The van der Waals surface area contributed by atoms with E-state index in [1.54, 1.807) is 0 Å². The van der Waals surface area contributed by atoms with Gasteiger partial charge in [-0.15, -0.1) is 0 Å². The molecule has 0 aliphatic carbocycles. The minimum absolute atomic E-state index is 0.00370. The second kappa shape index (κ2) is 5.55. The summed E-state index contributed by atoms with van der Waals surface area (Å²) in [6.45, 7) is 11.2. The van der Waals surface area contributed by atoms with Crippen molar-refractivity contribution in [3.8, 4) is 0 Å². The average molecular weight is 190 g/mol. The fraction of sp³-hybridized carbons (Fsp3) is 1.00. The molecule has 2 atom stereocenters. The topological polar surface area (TPSA) is 24.1 Å². The van der Waals surface area contributed by atoms with E-state index in [-0.39, 0.29) is 11.6 Å². The van der Waals surface area contributed by atoms with Crippen molar-refractivity contribution in [2.24, 2.45) is 0 Å². The molecule has 0 fully saturated rings. The minimum Gasteiger partial charge on any atom is -0.312 e. The van der Waals surface area contributed by atoms with E-state index in [2.05, 4.69) is 10.6 Å². The van der Waals surface area contributed by atoms with Crippen molar-refractivity contribution in [3.05, 3.63) is 0 Å². The van der Waals surface area contributed by atoms with Crippen LogP contribution < -0.4 is 10.6 Å². The van der Waals surface area contributed by atoms with E-state index in [9.17, 15) is 4.39 Å². The van der Waals surface area contributed by atoms with Crippen LogP contribution in [0.4, 0.5) is 4.39 Å². The van der Waals surface area contributed by atoms with E-state index in [1.807, 2.05) is 34.6 Å². The van der Waals surface area contributed by atoms with Crippen LogP contribution in [0.5, 0.6) is 0 Å². The third-order valence-electron chi connectivity index (χ3n) is 1.90. The Morgan fingerprint density at radius 3 is 2.23 bits per heavy atom. The fourth-order valence-electron chi connectivity index (χ4n) is 1.03. The Labute approximate surface area is 81.3 Å². The molecule has 0 aliphatic rings. The molecule has 2 nitrogen and oxygen atoms in total. The molecular formula is C10H23FN2. The van der Waals surface area contributed by atoms with Gasteiger partial charge >= 0.3 is 0 Å². The maximum absolute atomic E-state index is 13.4. The number of alkyl halides is 1. The molecule has 0 aromatic heterocycles. The summed E-state index contributed by atoms with van der Waals surface area (Å²) in [4.78, 5) is 0. The van der Waals surface area contributed by atoms with E-state index < -0.39 is 6.17 Å². The number of hydrogen-bond acceptors (Lipinski definition) is 2. The lowest BCUT2D eigenvalue weighted by molar-refractivity contribution is 0.234. The van der Waals surface area contributed by atoms with Gasteiger partial charge in [-0.05, 0) is 34.2 Å². The SMILES string of the molecule is CCNC(C)C(F)CNC(C)(C)C. The highest BCUT2D eigenvalue weighted by atomic mass is 19.1. The standard InChI is InChI=1S/C10H23FN2/c1-6-12-8(2)9(11)7-13-10(3,4)5/h8-9,12-13H,6-7H2,1-5H3. The van der Waals surface area contributed by atoms with Gasteiger partial charge in [0.1, 0.15) is 6.17 Å². The summed E-state index contributed by atoms with van der Waals surface area (Å²) in [5.41, 5.74) is -0.00370. The van der Waals surface area contributed by atoms with Crippen molar-refractivity contribution in [3.63, 3.8) is 0 Å². The number of rotatable bonds is 5. The lowest BCUT2D eigenvalue weighted by atomic mass is 10.1. The first kappa shape index (κ1) is 12.8. The molecule has 0 spiro atoms. The molecule has 0 heterocycles. The third-order valence-corrected chi connectivity index (χ3v) is 1.90. The summed E-state index contributed by atoms with van der Waals surface area (Å²) in [6.07, 6.45) is -0.820. The van der Waals surface area contributed by atoms with Gasteiger partial charge in [-0.1, -0.05) is 6.92 Å². The molecule has 80 valence electrons. The van der Waals surface area contributed by atoms with Crippen molar-refractivity contribution in [1.29, 1.82) is 0 Å². The van der Waals surface area contributed by atoms with E-state index in [4.69, 9.17) is 0 Å². The summed E-state index contributed by atoms with van der Waals surface area (Å²) < 4.78 is 13.4. The highest BCUT2D eigenvalue weighted by molar-refractivity contribution is 4.78.